The Hall–Kier alpha value is -0.250. The van der Waals surface area contributed by atoms with Crippen molar-refractivity contribution >= 4 is 0 Å². The Balaban J connectivity index is 3.15. The van der Waals surface area contributed by atoms with Gasteiger partial charge in [-0.1, -0.05) is 0 Å². The second kappa shape index (κ2) is 2.16. The van der Waals surface area contributed by atoms with E-state index < -0.39 is 19.1 Å². The Labute approximate surface area is 39.3 Å². The Bertz CT molecular complexity index is 48.6. The molecule has 0 spiro atoms. The number of hydrogen-bond acceptors (Lipinski definition) is 0. The molecule has 0 aromatic carbocycles. The van der Waals surface area contributed by atoms with Crippen molar-refractivity contribution in [2.75, 3.05) is 6.54 Å². The topological polar surface area (TPSA) is 23.8 Å². The van der Waals surface area contributed by atoms with Gasteiger partial charge in [0.1, 0.15) is 0 Å². The van der Waals surface area contributed by atoms with Gasteiger partial charge in [0.05, 0.1) is 6.42 Å². The van der Waals surface area contributed by atoms with E-state index in [0.29, 0.717) is 0 Å². The number of alkyl halides is 3. The van der Waals surface area contributed by atoms with Crippen LogP contribution in [0.1, 0.15) is 6.42 Å². The van der Waals surface area contributed by atoms with Crippen molar-refractivity contribution in [1.82, 2.24) is 5.73 Å². The quantitative estimate of drug-likeness (QED) is 0.487. The van der Waals surface area contributed by atoms with Crippen LogP contribution in [0.5, 0.6) is 0 Å². The molecule has 0 unspecified atom stereocenters. The summed E-state index contributed by atoms with van der Waals surface area (Å²) in [6.07, 6.45) is -5.13. The van der Waals surface area contributed by atoms with Crippen LogP contribution in [0.2, 0.25) is 0 Å². The van der Waals surface area contributed by atoms with Gasteiger partial charge in [0.25, 0.3) is 0 Å². The summed E-state index contributed by atoms with van der Waals surface area (Å²) in [6.45, 7) is -0.566. The predicted octanol–water partition coefficient (Wildman–Crippen LogP) is 1.22. The summed E-state index contributed by atoms with van der Waals surface area (Å²) in [6, 6.07) is 0. The zero-order valence-electron chi connectivity index (χ0n) is 3.55. The maximum absolute atomic E-state index is 10.9. The molecule has 0 saturated carbocycles. The summed E-state index contributed by atoms with van der Waals surface area (Å²) in [5.41, 5.74) is 6.14. The average Bonchev–Trinajstić information content (AvgIpc) is 1.30. The number of halogens is 3. The summed E-state index contributed by atoms with van der Waals surface area (Å²) in [7, 11) is 0. The predicted molar refractivity (Wildman–Crippen MR) is 18.6 cm³/mol. The molecule has 0 aliphatic rings. The molecule has 0 aliphatic heterocycles. The van der Waals surface area contributed by atoms with Gasteiger partial charge in [0.2, 0.25) is 0 Å². The third-order valence-corrected chi connectivity index (χ3v) is 0.408. The first-order valence-electron chi connectivity index (χ1n) is 1.77. The summed E-state index contributed by atoms with van der Waals surface area (Å²) < 4.78 is 32.8. The molecule has 0 rings (SSSR count). The van der Waals surface area contributed by atoms with Crippen LogP contribution in [0.3, 0.4) is 0 Å². The highest BCUT2D eigenvalue weighted by Gasteiger charge is 2.25. The van der Waals surface area contributed by atoms with Gasteiger partial charge < -0.3 is 0 Å². The molecule has 1 radical (unpaired) electrons. The molecule has 0 aromatic rings. The van der Waals surface area contributed by atoms with Crippen LogP contribution in [0.15, 0.2) is 0 Å². The van der Waals surface area contributed by atoms with E-state index in [-0.39, 0.29) is 0 Å². The maximum atomic E-state index is 10.9. The average molecular weight is 112 g/mol. The number of rotatable bonds is 1. The van der Waals surface area contributed by atoms with E-state index in [9.17, 15) is 13.2 Å². The van der Waals surface area contributed by atoms with Crippen LogP contribution in [-0.2, 0) is 0 Å². The molecule has 7 heavy (non-hydrogen) atoms. The smallest absolute Gasteiger partial charge is 0.258 e. The Kier molecular flexibility index (Phi) is 2.08. The lowest BCUT2D eigenvalue weighted by Gasteiger charge is -1.99. The molecule has 0 aliphatic carbocycles. The van der Waals surface area contributed by atoms with Crippen LogP contribution in [0.4, 0.5) is 13.2 Å². The normalized spacial score (nSPS) is 12.0. The van der Waals surface area contributed by atoms with E-state index in [4.69, 9.17) is 5.73 Å². The molecule has 0 amide bonds. The fourth-order valence-electron chi connectivity index (χ4n) is 0.142. The van der Waals surface area contributed by atoms with Gasteiger partial charge in [-0.15, -0.1) is 0 Å². The van der Waals surface area contributed by atoms with Crippen molar-refractivity contribution in [3.8, 4) is 0 Å². The van der Waals surface area contributed by atoms with Crippen molar-refractivity contribution in [2.24, 2.45) is 0 Å². The fourth-order valence-corrected chi connectivity index (χ4v) is 0.142. The van der Waals surface area contributed by atoms with Crippen LogP contribution in [0, 0.1) is 0 Å². The van der Waals surface area contributed by atoms with Crippen molar-refractivity contribution in [3.63, 3.8) is 0 Å². The SMILES string of the molecule is [NH]CCC(F)(F)F. The molecule has 0 saturated heterocycles. The highest BCUT2D eigenvalue weighted by atomic mass is 19.4. The lowest BCUT2D eigenvalue weighted by molar-refractivity contribution is -0.132. The second-order valence-electron chi connectivity index (χ2n) is 1.12. The van der Waals surface area contributed by atoms with Gasteiger partial charge in [-0.2, -0.15) is 13.2 Å². The van der Waals surface area contributed by atoms with Crippen LogP contribution >= 0.6 is 0 Å². The van der Waals surface area contributed by atoms with Gasteiger partial charge in [0, 0.05) is 6.54 Å². The molecule has 0 aromatic heterocycles. The van der Waals surface area contributed by atoms with E-state index in [1.165, 1.54) is 0 Å². The highest BCUT2D eigenvalue weighted by molar-refractivity contribution is 4.47. The molecule has 0 heterocycles. The molecule has 0 fully saturated rings. The third-order valence-electron chi connectivity index (χ3n) is 0.408. The first-order valence-corrected chi connectivity index (χ1v) is 1.77. The zero-order chi connectivity index (χ0) is 5.91. The minimum absolute atomic E-state index is 0.566. The molecule has 4 heteroatoms. The lowest BCUT2D eigenvalue weighted by atomic mass is 10.4. The van der Waals surface area contributed by atoms with E-state index in [1.54, 1.807) is 0 Å². The maximum Gasteiger partial charge on any atom is 0.390 e. The Morgan fingerprint density at radius 1 is 1.29 bits per heavy atom. The largest absolute Gasteiger partial charge is 0.390 e. The molecule has 0 bridgehead atoms. The molecular weight excluding hydrogens is 107 g/mol. The minimum atomic E-state index is -4.14. The van der Waals surface area contributed by atoms with Gasteiger partial charge in [0.15, 0.2) is 0 Å². The molecule has 0 atom stereocenters. The molecule has 1 nitrogen and oxygen atoms in total. The Morgan fingerprint density at radius 2 is 1.71 bits per heavy atom. The summed E-state index contributed by atoms with van der Waals surface area (Å²) in [4.78, 5) is 0. The fraction of sp³-hybridized carbons (Fsp3) is 1.00. The van der Waals surface area contributed by atoms with Gasteiger partial charge in [-0.3, -0.25) is 5.73 Å². The highest BCUT2D eigenvalue weighted by Crippen LogP contribution is 2.17. The number of hydrogen-bond donors (Lipinski definition) is 0. The molecular formula is C3H5F3N. The van der Waals surface area contributed by atoms with E-state index in [0.717, 1.165) is 0 Å². The van der Waals surface area contributed by atoms with Crippen molar-refractivity contribution in [3.05, 3.63) is 0 Å². The Morgan fingerprint density at radius 3 is 1.71 bits per heavy atom. The first-order chi connectivity index (χ1) is 3.06. The lowest BCUT2D eigenvalue weighted by Crippen LogP contribution is -2.09. The second-order valence-corrected chi connectivity index (χ2v) is 1.12. The van der Waals surface area contributed by atoms with E-state index in [2.05, 4.69) is 0 Å². The van der Waals surface area contributed by atoms with Crippen LogP contribution < -0.4 is 5.73 Å². The van der Waals surface area contributed by atoms with E-state index >= 15 is 0 Å². The van der Waals surface area contributed by atoms with Crippen LogP contribution in [0.25, 0.3) is 0 Å². The summed E-state index contributed by atoms with van der Waals surface area (Å²) in [5, 5.41) is 0. The van der Waals surface area contributed by atoms with Gasteiger partial charge in [-0.05, 0) is 0 Å². The molecule has 1 N–H and O–H groups in total. The summed E-state index contributed by atoms with van der Waals surface area (Å²) >= 11 is 0. The van der Waals surface area contributed by atoms with Crippen LogP contribution in [-0.4, -0.2) is 12.7 Å². The third kappa shape index (κ3) is 5.75. The summed E-state index contributed by atoms with van der Waals surface area (Å²) in [5.74, 6) is 0. The van der Waals surface area contributed by atoms with E-state index in [1.807, 2.05) is 0 Å². The standard InChI is InChI=1S/C3H5F3N/c4-3(5,6)1-2-7/h7H,1-2H2. The van der Waals surface area contributed by atoms with Crippen molar-refractivity contribution in [1.29, 1.82) is 0 Å². The van der Waals surface area contributed by atoms with Crippen molar-refractivity contribution in [2.45, 2.75) is 12.6 Å². The van der Waals surface area contributed by atoms with Crippen molar-refractivity contribution < 1.29 is 13.2 Å². The minimum Gasteiger partial charge on any atom is -0.258 e. The monoisotopic (exact) mass is 112 g/mol. The first kappa shape index (κ1) is 6.75. The van der Waals surface area contributed by atoms with Gasteiger partial charge >= 0.3 is 6.18 Å². The molecule has 43 valence electrons. The number of nitrogens with one attached hydrogen (secondary N) is 1. The zero-order valence-corrected chi connectivity index (χ0v) is 3.55. The van der Waals surface area contributed by atoms with Gasteiger partial charge in [-0.25, -0.2) is 0 Å².